The first kappa shape index (κ1) is 22.0. The summed E-state index contributed by atoms with van der Waals surface area (Å²) in [5, 5.41) is 10.5. The van der Waals surface area contributed by atoms with Gasteiger partial charge in [-0.25, -0.2) is 0 Å². The number of carbonyl (C=O) groups is 1. The minimum absolute atomic E-state index is 0.269. The van der Waals surface area contributed by atoms with Crippen molar-refractivity contribution in [1.82, 2.24) is 0 Å². The third-order valence-electron chi connectivity index (χ3n) is 3.51. The van der Waals surface area contributed by atoms with Crippen molar-refractivity contribution < 1.29 is 9.72 Å². The van der Waals surface area contributed by atoms with Crippen molar-refractivity contribution in [2.75, 3.05) is 0 Å². The number of hydrogen-bond acceptors (Lipinski definition) is 3. The van der Waals surface area contributed by atoms with Gasteiger partial charge in [0.05, 0.1) is 0 Å². The van der Waals surface area contributed by atoms with Crippen LogP contribution in [0.25, 0.3) is 0 Å². The molecule has 0 aliphatic rings. The van der Waals surface area contributed by atoms with E-state index in [1.807, 2.05) is 12.2 Å². The van der Waals surface area contributed by atoms with E-state index >= 15 is 0 Å². The van der Waals surface area contributed by atoms with Crippen molar-refractivity contribution in [1.29, 1.82) is 0 Å². The molecule has 4 heteroatoms. The predicted octanol–water partition coefficient (Wildman–Crippen LogP) is 5.59. The van der Waals surface area contributed by atoms with Gasteiger partial charge in [0.25, 0.3) is 6.04 Å². The molecule has 24 heavy (non-hydrogen) atoms. The van der Waals surface area contributed by atoms with Gasteiger partial charge in [-0.3, -0.25) is 14.9 Å². The van der Waals surface area contributed by atoms with Gasteiger partial charge in [-0.2, -0.15) is 0 Å². The largest absolute Gasteiger partial charge is 0.296 e. The van der Waals surface area contributed by atoms with Crippen LogP contribution in [0.5, 0.6) is 0 Å². The molecule has 1 unspecified atom stereocenters. The average Bonchev–Trinajstić information content (AvgIpc) is 2.57. The molecule has 1 atom stereocenters. The SMILES string of the molecule is CCCCC/C=C/C/C=C/C/C=C/C/C=C/CCC(C=O)[N+](=O)[O-]. The Morgan fingerprint density at radius 2 is 1.33 bits per heavy atom. The summed E-state index contributed by atoms with van der Waals surface area (Å²) in [6.07, 6.45) is 25.9. The molecule has 134 valence electrons. The van der Waals surface area contributed by atoms with Crippen LogP contribution in [0.2, 0.25) is 0 Å². The lowest BCUT2D eigenvalue weighted by molar-refractivity contribution is -0.505. The first-order valence-electron chi connectivity index (χ1n) is 8.91. The predicted molar refractivity (Wildman–Crippen MR) is 101 cm³/mol. The van der Waals surface area contributed by atoms with E-state index in [1.54, 1.807) is 0 Å². The zero-order valence-electron chi connectivity index (χ0n) is 14.8. The lowest BCUT2D eigenvalue weighted by Gasteiger charge is -1.98. The highest BCUT2D eigenvalue weighted by atomic mass is 16.6. The summed E-state index contributed by atoms with van der Waals surface area (Å²) in [5.41, 5.74) is 0. The summed E-state index contributed by atoms with van der Waals surface area (Å²) in [4.78, 5) is 20.4. The van der Waals surface area contributed by atoms with Crippen LogP contribution in [0.1, 0.15) is 64.7 Å². The summed E-state index contributed by atoms with van der Waals surface area (Å²) in [5.74, 6) is 0. The molecule has 0 radical (unpaired) electrons. The molecular weight excluding hydrogens is 302 g/mol. The third kappa shape index (κ3) is 14.9. The molecule has 0 aliphatic carbocycles. The molecule has 0 heterocycles. The first-order valence-corrected chi connectivity index (χ1v) is 8.91. The fourth-order valence-corrected chi connectivity index (χ4v) is 2.05. The van der Waals surface area contributed by atoms with Gasteiger partial charge in [0, 0.05) is 11.3 Å². The van der Waals surface area contributed by atoms with Gasteiger partial charge in [-0.15, -0.1) is 0 Å². The monoisotopic (exact) mass is 333 g/mol. The molecular formula is C20H31NO3. The van der Waals surface area contributed by atoms with E-state index in [-0.39, 0.29) is 6.42 Å². The molecule has 0 aromatic rings. The standard InChI is InChI=1S/C20H31NO3/c1-2-3-4-5-6-7-8-9-10-11-12-13-14-15-16-17-18-20(19-22)21(23)24/h6-7,9-10,12-13,15-16,19-20H,2-5,8,11,14,17-18H2,1H3/b7-6+,10-9+,13-12+,16-15+. The number of unbranched alkanes of at least 4 members (excludes halogenated alkanes) is 3. The maximum absolute atomic E-state index is 10.5. The Kier molecular flexibility index (Phi) is 16.0. The Morgan fingerprint density at radius 3 is 1.79 bits per heavy atom. The molecule has 0 spiro atoms. The topological polar surface area (TPSA) is 60.2 Å². The van der Waals surface area contributed by atoms with Gasteiger partial charge in [0.1, 0.15) is 0 Å². The molecule has 4 nitrogen and oxygen atoms in total. The lowest BCUT2D eigenvalue weighted by atomic mass is 10.1. The maximum atomic E-state index is 10.5. The van der Waals surface area contributed by atoms with Crippen molar-refractivity contribution in [2.24, 2.45) is 0 Å². The lowest BCUT2D eigenvalue weighted by Crippen LogP contribution is -2.20. The van der Waals surface area contributed by atoms with Crippen molar-refractivity contribution >= 4 is 6.29 Å². The summed E-state index contributed by atoms with van der Waals surface area (Å²) in [6.45, 7) is 2.22. The van der Waals surface area contributed by atoms with Crippen LogP contribution < -0.4 is 0 Å². The van der Waals surface area contributed by atoms with Gasteiger partial charge in [-0.1, -0.05) is 68.4 Å². The maximum Gasteiger partial charge on any atom is 0.267 e. The molecule has 0 fully saturated rings. The number of aldehydes is 1. The summed E-state index contributed by atoms with van der Waals surface area (Å²) >= 11 is 0. The van der Waals surface area contributed by atoms with Crippen molar-refractivity contribution in [3.63, 3.8) is 0 Å². The van der Waals surface area contributed by atoms with E-state index < -0.39 is 11.0 Å². The molecule has 0 aromatic heterocycles. The first-order chi connectivity index (χ1) is 11.7. The highest BCUT2D eigenvalue weighted by molar-refractivity contribution is 5.55. The normalized spacial score (nSPS) is 13.5. The van der Waals surface area contributed by atoms with Gasteiger partial charge in [0.2, 0.25) is 0 Å². The number of nitrogens with zero attached hydrogens (tertiary/aromatic N) is 1. The smallest absolute Gasteiger partial charge is 0.267 e. The Labute approximate surface area is 146 Å². The van der Waals surface area contributed by atoms with Crippen molar-refractivity contribution in [2.45, 2.75) is 70.8 Å². The van der Waals surface area contributed by atoms with Gasteiger partial charge < -0.3 is 0 Å². The average molecular weight is 333 g/mol. The zero-order valence-corrected chi connectivity index (χ0v) is 14.8. The minimum atomic E-state index is -1.07. The van der Waals surface area contributed by atoms with E-state index in [4.69, 9.17) is 0 Å². The Bertz CT molecular complexity index is 436. The number of allylic oxidation sites excluding steroid dienone is 8. The fraction of sp³-hybridized carbons (Fsp3) is 0.550. The van der Waals surface area contributed by atoms with Gasteiger partial charge >= 0.3 is 0 Å². The Morgan fingerprint density at radius 1 is 0.833 bits per heavy atom. The summed E-state index contributed by atoms with van der Waals surface area (Å²) < 4.78 is 0. The van der Waals surface area contributed by atoms with Gasteiger partial charge in [-0.05, 0) is 38.5 Å². The van der Waals surface area contributed by atoms with Crippen LogP contribution in [-0.2, 0) is 4.79 Å². The van der Waals surface area contributed by atoms with Crippen LogP contribution in [0.4, 0.5) is 0 Å². The highest BCUT2D eigenvalue weighted by Gasteiger charge is 2.16. The molecule has 0 saturated heterocycles. The van der Waals surface area contributed by atoms with E-state index in [0.717, 1.165) is 19.3 Å². The zero-order chi connectivity index (χ0) is 17.9. The summed E-state index contributed by atoms with van der Waals surface area (Å²) in [7, 11) is 0. The molecule has 0 N–H and O–H groups in total. The molecule has 0 rings (SSSR count). The fourth-order valence-electron chi connectivity index (χ4n) is 2.05. The van der Waals surface area contributed by atoms with Crippen LogP contribution in [0.15, 0.2) is 48.6 Å². The second-order valence-electron chi connectivity index (χ2n) is 5.65. The van der Waals surface area contributed by atoms with Crippen LogP contribution in [0, 0.1) is 10.1 Å². The molecule has 0 amide bonds. The number of nitro groups is 1. The van der Waals surface area contributed by atoms with E-state index in [1.165, 1.54) is 25.7 Å². The second kappa shape index (κ2) is 17.4. The number of carbonyl (C=O) groups excluding carboxylic acids is 1. The molecule has 0 bridgehead atoms. The quantitative estimate of drug-likeness (QED) is 0.129. The van der Waals surface area contributed by atoms with Crippen LogP contribution in [0.3, 0.4) is 0 Å². The van der Waals surface area contributed by atoms with Crippen LogP contribution in [-0.4, -0.2) is 17.3 Å². The van der Waals surface area contributed by atoms with Crippen LogP contribution >= 0.6 is 0 Å². The van der Waals surface area contributed by atoms with Gasteiger partial charge in [0.15, 0.2) is 6.29 Å². The minimum Gasteiger partial charge on any atom is -0.296 e. The Balaban J connectivity index is 3.58. The summed E-state index contributed by atoms with van der Waals surface area (Å²) in [6, 6.07) is -1.07. The van der Waals surface area contributed by atoms with E-state index in [0.29, 0.717) is 12.7 Å². The molecule has 0 saturated carbocycles. The number of rotatable bonds is 15. The Hall–Kier alpha value is -1.97. The van der Waals surface area contributed by atoms with E-state index in [2.05, 4.69) is 43.4 Å². The molecule has 0 aromatic carbocycles. The third-order valence-corrected chi connectivity index (χ3v) is 3.51. The second-order valence-corrected chi connectivity index (χ2v) is 5.65. The molecule has 0 aliphatic heterocycles. The van der Waals surface area contributed by atoms with Crippen molar-refractivity contribution in [3.05, 3.63) is 58.7 Å². The number of hydrogen-bond donors (Lipinski definition) is 0. The van der Waals surface area contributed by atoms with Crippen molar-refractivity contribution in [3.8, 4) is 0 Å². The van der Waals surface area contributed by atoms with E-state index in [9.17, 15) is 14.9 Å². The highest BCUT2D eigenvalue weighted by Crippen LogP contribution is 2.02.